The van der Waals surface area contributed by atoms with E-state index < -0.39 is 0 Å². The Morgan fingerprint density at radius 1 is 1.70 bits per heavy atom. The molecule has 1 aliphatic heterocycles. The highest BCUT2D eigenvalue weighted by atomic mass is 32.2. The van der Waals surface area contributed by atoms with Crippen LogP contribution >= 0.6 is 11.8 Å². The molecule has 1 aromatic heterocycles. The molecule has 1 aliphatic rings. The summed E-state index contributed by atoms with van der Waals surface area (Å²) >= 11 is 1.67. The Bertz CT molecular complexity index is 230. The van der Waals surface area contributed by atoms with Crippen LogP contribution in [0, 0.1) is 0 Å². The average molecular weight is 154 g/mol. The van der Waals surface area contributed by atoms with Crippen molar-refractivity contribution in [2.24, 2.45) is 5.10 Å². The summed E-state index contributed by atoms with van der Waals surface area (Å²) in [5.41, 5.74) is 1.82. The third kappa shape index (κ3) is 0.881. The Hall–Kier alpha value is -0.970. The molecule has 0 radical (unpaired) electrons. The molecule has 0 bridgehead atoms. The molecule has 10 heavy (non-hydrogen) atoms. The van der Waals surface area contributed by atoms with E-state index in [0.717, 1.165) is 11.7 Å². The standard InChI is InChI=1S/C5H6N4S/c1-2-6-8-5(1)9-4-10-3-7-9/h1-3H,4H2,(H,6,8). The summed E-state index contributed by atoms with van der Waals surface area (Å²) in [6.45, 7) is 0. The summed E-state index contributed by atoms with van der Waals surface area (Å²) in [7, 11) is 0. The van der Waals surface area contributed by atoms with Crippen LogP contribution in [-0.2, 0) is 0 Å². The third-order valence-electron chi connectivity index (χ3n) is 1.22. The van der Waals surface area contributed by atoms with Gasteiger partial charge < -0.3 is 0 Å². The molecule has 4 nitrogen and oxygen atoms in total. The fraction of sp³-hybridized carbons (Fsp3) is 0.200. The molecule has 0 fully saturated rings. The highest BCUT2D eigenvalue weighted by molar-refractivity contribution is 8.12. The first-order chi connectivity index (χ1) is 4.97. The number of hydrazone groups is 1. The average Bonchev–Trinajstić information content (AvgIpc) is 2.59. The van der Waals surface area contributed by atoms with Gasteiger partial charge in [-0.2, -0.15) is 10.2 Å². The van der Waals surface area contributed by atoms with Crippen molar-refractivity contribution >= 4 is 23.1 Å². The van der Waals surface area contributed by atoms with Crippen molar-refractivity contribution < 1.29 is 0 Å². The Balaban J connectivity index is 2.20. The number of aromatic nitrogens is 2. The summed E-state index contributed by atoms with van der Waals surface area (Å²) < 4.78 is 0. The van der Waals surface area contributed by atoms with Crippen LogP contribution in [0.25, 0.3) is 0 Å². The van der Waals surface area contributed by atoms with E-state index in [-0.39, 0.29) is 0 Å². The van der Waals surface area contributed by atoms with E-state index in [0.29, 0.717) is 0 Å². The molecule has 2 rings (SSSR count). The van der Waals surface area contributed by atoms with Crippen LogP contribution in [0.4, 0.5) is 5.82 Å². The van der Waals surface area contributed by atoms with E-state index >= 15 is 0 Å². The predicted molar refractivity (Wildman–Crippen MR) is 42.0 cm³/mol. The second-order valence-corrected chi connectivity index (χ2v) is 2.66. The molecule has 5 heteroatoms. The first-order valence-electron chi connectivity index (χ1n) is 2.88. The lowest BCUT2D eigenvalue weighted by molar-refractivity contribution is 0.950. The number of nitrogens with one attached hydrogen (secondary N) is 1. The van der Waals surface area contributed by atoms with Crippen molar-refractivity contribution in [3.8, 4) is 0 Å². The highest BCUT2D eigenvalue weighted by Crippen LogP contribution is 2.17. The monoisotopic (exact) mass is 154 g/mol. The van der Waals surface area contributed by atoms with Crippen LogP contribution in [0.15, 0.2) is 17.4 Å². The first kappa shape index (κ1) is 5.79. The molecule has 1 aromatic rings. The van der Waals surface area contributed by atoms with Crippen LogP contribution < -0.4 is 5.01 Å². The normalized spacial score (nSPS) is 16.6. The molecule has 52 valence electrons. The maximum absolute atomic E-state index is 4.08. The Kier molecular flexibility index (Phi) is 1.35. The van der Waals surface area contributed by atoms with E-state index in [1.165, 1.54) is 0 Å². The van der Waals surface area contributed by atoms with Gasteiger partial charge in [-0.15, -0.1) is 0 Å². The fourth-order valence-corrected chi connectivity index (χ4v) is 1.35. The van der Waals surface area contributed by atoms with Gasteiger partial charge >= 0.3 is 0 Å². The van der Waals surface area contributed by atoms with Crippen molar-refractivity contribution in [3.63, 3.8) is 0 Å². The van der Waals surface area contributed by atoms with Gasteiger partial charge in [0.1, 0.15) is 5.82 Å². The number of hydrogen-bond donors (Lipinski definition) is 1. The van der Waals surface area contributed by atoms with Crippen LogP contribution in [-0.4, -0.2) is 21.6 Å². The lowest BCUT2D eigenvalue weighted by Crippen LogP contribution is -2.10. The second-order valence-electron chi connectivity index (χ2n) is 1.86. The van der Waals surface area contributed by atoms with Crippen molar-refractivity contribution in [1.29, 1.82) is 0 Å². The van der Waals surface area contributed by atoms with Gasteiger partial charge in [-0.25, -0.2) is 5.01 Å². The summed E-state index contributed by atoms with van der Waals surface area (Å²) in [5, 5.41) is 12.6. The molecule has 0 saturated carbocycles. The van der Waals surface area contributed by atoms with E-state index in [1.54, 1.807) is 18.0 Å². The van der Waals surface area contributed by atoms with Gasteiger partial charge in [-0.1, -0.05) is 11.8 Å². The van der Waals surface area contributed by atoms with Crippen molar-refractivity contribution in [2.45, 2.75) is 0 Å². The minimum absolute atomic E-state index is 0.877. The number of hydrogen-bond acceptors (Lipinski definition) is 4. The van der Waals surface area contributed by atoms with Crippen molar-refractivity contribution in [2.75, 3.05) is 10.9 Å². The minimum atomic E-state index is 0.877. The minimum Gasteiger partial charge on any atom is -0.262 e. The van der Waals surface area contributed by atoms with Gasteiger partial charge in [0.2, 0.25) is 0 Å². The molecule has 0 aliphatic carbocycles. The molecule has 0 unspecified atom stereocenters. The van der Waals surface area contributed by atoms with Gasteiger partial charge in [0.05, 0.1) is 17.6 Å². The predicted octanol–water partition coefficient (Wildman–Crippen LogP) is 0.864. The molecule has 0 spiro atoms. The topological polar surface area (TPSA) is 44.3 Å². The lowest BCUT2D eigenvalue weighted by Gasteiger charge is -2.07. The van der Waals surface area contributed by atoms with E-state index in [2.05, 4.69) is 15.3 Å². The molecule has 0 amide bonds. The van der Waals surface area contributed by atoms with E-state index in [1.807, 2.05) is 16.6 Å². The smallest absolute Gasteiger partial charge is 0.145 e. The van der Waals surface area contributed by atoms with Gasteiger partial charge in [-0.3, -0.25) is 5.10 Å². The van der Waals surface area contributed by atoms with Crippen LogP contribution in [0.3, 0.4) is 0 Å². The summed E-state index contributed by atoms with van der Waals surface area (Å²) in [6.07, 6.45) is 1.72. The van der Waals surface area contributed by atoms with Gasteiger partial charge in [0.25, 0.3) is 0 Å². The van der Waals surface area contributed by atoms with Crippen LogP contribution in [0.2, 0.25) is 0 Å². The summed E-state index contributed by atoms with van der Waals surface area (Å²) in [5.74, 6) is 1.82. The molecule has 0 atom stereocenters. The molecule has 2 heterocycles. The van der Waals surface area contributed by atoms with Crippen molar-refractivity contribution in [3.05, 3.63) is 12.3 Å². The van der Waals surface area contributed by atoms with Gasteiger partial charge in [0, 0.05) is 6.07 Å². The van der Waals surface area contributed by atoms with E-state index in [4.69, 9.17) is 0 Å². The van der Waals surface area contributed by atoms with Gasteiger partial charge in [-0.05, 0) is 0 Å². The molecule has 0 aromatic carbocycles. The Morgan fingerprint density at radius 2 is 2.70 bits per heavy atom. The second kappa shape index (κ2) is 2.34. The fourth-order valence-electron chi connectivity index (χ4n) is 0.752. The Labute approximate surface area is 62.3 Å². The number of rotatable bonds is 1. The Morgan fingerprint density at radius 3 is 3.30 bits per heavy atom. The third-order valence-corrected chi connectivity index (χ3v) is 1.86. The number of aromatic amines is 1. The summed E-state index contributed by atoms with van der Waals surface area (Å²) in [4.78, 5) is 0. The summed E-state index contributed by atoms with van der Waals surface area (Å²) in [6, 6.07) is 1.89. The maximum Gasteiger partial charge on any atom is 0.145 e. The van der Waals surface area contributed by atoms with Crippen LogP contribution in [0.5, 0.6) is 0 Å². The zero-order valence-electron chi connectivity index (χ0n) is 5.19. The number of H-pyrrole nitrogens is 1. The lowest BCUT2D eigenvalue weighted by atomic mass is 10.6. The molecule has 0 saturated heterocycles. The SMILES string of the molecule is C1=NN(c2ccn[nH]2)CS1. The van der Waals surface area contributed by atoms with Gasteiger partial charge in [0.15, 0.2) is 0 Å². The number of nitrogens with zero attached hydrogens (tertiary/aromatic N) is 3. The molecular formula is C5H6N4S. The quantitative estimate of drug-likeness (QED) is 0.652. The molecular weight excluding hydrogens is 148 g/mol. The molecule has 1 N–H and O–H groups in total. The maximum atomic E-state index is 4.08. The highest BCUT2D eigenvalue weighted by Gasteiger charge is 2.08. The van der Waals surface area contributed by atoms with E-state index in [9.17, 15) is 0 Å². The number of thioether (sulfide) groups is 1. The zero-order valence-corrected chi connectivity index (χ0v) is 6.01. The van der Waals surface area contributed by atoms with Crippen LogP contribution in [0.1, 0.15) is 0 Å². The van der Waals surface area contributed by atoms with Crippen molar-refractivity contribution in [1.82, 2.24) is 10.2 Å². The largest absolute Gasteiger partial charge is 0.262 e. The zero-order chi connectivity index (χ0) is 6.81. The first-order valence-corrected chi connectivity index (χ1v) is 3.92. The number of anilines is 1.